The number of carbonyl (C=O) groups excluding carboxylic acids is 1. The van der Waals surface area contributed by atoms with Crippen LogP contribution in [0.4, 0.5) is 0 Å². The van der Waals surface area contributed by atoms with Gasteiger partial charge in [-0.3, -0.25) is 10.7 Å². The van der Waals surface area contributed by atoms with E-state index in [-0.39, 0.29) is 31.1 Å². The Bertz CT molecular complexity index is 87.8. The first-order valence-electron chi connectivity index (χ1n) is 3.08. The van der Waals surface area contributed by atoms with Gasteiger partial charge in [0.25, 0.3) is 0 Å². The Labute approximate surface area is 84.9 Å². The zero-order valence-electron chi connectivity index (χ0n) is 6.05. The van der Waals surface area contributed by atoms with Gasteiger partial charge in [0, 0.05) is 31.1 Å². The van der Waals surface area contributed by atoms with Crippen molar-refractivity contribution in [3.63, 3.8) is 0 Å². The minimum atomic E-state index is -0.413. The Morgan fingerprint density at radius 1 is 1.70 bits per heavy atom. The maximum absolute atomic E-state index is 10.3. The van der Waals surface area contributed by atoms with E-state index >= 15 is 0 Å². The van der Waals surface area contributed by atoms with E-state index in [2.05, 4.69) is 0 Å². The van der Waals surface area contributed by atoms with Gasteiger partial charge in [-0.05, 0) is 0 Å². The molecule has 0 aromatic rings. The van der Waals surface area contributed by atoms with E-state index in [0.717, 1.165) is 19.3 Å². The molecule has 0 bridgehead atoms. The van der Waals surface area contributed by atoms with Crippen molar-refractivity contribution in [1.82, 2.24) is 5.48 Å². The number of hydroxylamine groups is 1. The van der Waals surface area contributed by atoms with Gasteiger partial charge < -0.3 is 11.2 Å². The molecule has 4 heteroatoms. The molecule has 0 aromatic carbocycles. The van der Waals surface area contributed by atoms with Crippen molar-refractivity contribution in [2.75, 3.05) is 0 Å². The zero-order valence-corrected chi connectivity index (χ0v) is 10.2. The summed E-state index contributed by atoms with van der Waals surface area (Å²) in [5.74, 6) is -0.413. The van der Waals surface area contributed by atoms with E-state index in [1.165, 1.54) is 11.9 Å². The molecule has 0 aliphatic rings. The number of rotatable bonds is 4. The number of hydrogen-bond acceptors (Lipinski definition) is 2. The number of hydrogen-bond donors (Lipinski definition) is 2. The summed E-state index contributed by atoms with van der Waals surface area (Å²) in [6.07, 6.45) is 4.23. The van der Waals surface area contributed by atoms with Crippen molar-refractivity contribution >= 4 is 5.91 Å². The molecule has 0 spiro atoms. The van der Waals surface area contributed by atoms with Crippen molar-refractivity contribution in [3.8, 4) is 0 Å². The number of unbranched alkanes of at least 4 members (excludes halogenated alkanes) is 2. The molecule has 0 unspecified atom stereocenters. The van der Waals surface area contributed by atoms with Gasteiger partial charge in [-0.25, -0.2) is 0 Å². The standard InChI is InChI=1S/C6H12NO2.U/c1-2-3-4-5-6(8)7-9;/h5,9H,2-4H2,1H3,(H,7,8);/q-1;. The van der Waals surface area contributed by atoms with Crippen LogP contribution < -0.4 is 5.48 Å². The molecule has 0 rings (SSSR count). The predicted octanol–water partition coefficient (Wildman–Crippen LogP) is 0.886. The summed E-state index contributed by atoms with van der Waals surface area (Å²) in [5.41, 5.74) is 1.53. The van der Waals surface area contributed by atoms with Crippen LogP contribution in [0.1, 0.15) is 26.2 Å². The summed E-state index contributed by atoms with van der Waals surface area (Å²) in [6.45, 7) is 2.05. The van der Waals surface area contributed by atoms with Gasteiger partial charge in [-0.2, -0.15) is 6.42 Å². The average Bonchev–Trinajstić information content (AvgIpc) is 1.89. The molecule has 58 valence electrons. The van der Waals surface area contributed by atoms with Crippen LogP contribution in [0.2, 0.25) is 0 Å². The number of amides is 1. The van der Waals surface area contributed by atoms with E-state index in [9.17, 15) is 4.79 Å². The van der Waals surface area contributed by atoms with Gasteiger partial charge in [0.15, 0.2) is 0 Å². The molecule has 0 aliphatic carbocycles. The van der Waals surface area contributed by atoms with E-state index in [4.69, 9.17) is 5.21 Å². The van der Waals surface area contributed by atoms with Crippen molar-refractivity contribution in [1.29, 1.82) is 0 Å². The molecular formula is C6H12NO2U-. The van der Waals surface area contributed by atoms with E-state index in [0.29, 0.717) is 0 Å². The molecule has 0 saturated heterocycles. The Kier molecular flexibility index (Phi) is 12.1. The molecule has 10 heavy (non-hydrogen) atoms. The van der Waals surface area contributed by atoms with Crippen molar-refractivity contribution in [2.24, 2.45) is 0 Å². The van der Waals surface area contributed by atoms with Crippen LogP contribution in [-0.4, -0.2) is 11.1 Å². The van der Waals surface area contributed by atoms with Gasteiger partial charge >= 0.3 is 0 Å². The van der Waals surface area contributed by atoms with Gasteiger partial charge in [0.05, 0.1) is 0 Å². The predicted molar refractivity (Wildman–Crippen MR) is 33.8 cm³/mol. The van der Waals surface area contributed by atoms with Crippen LogP contribution in [-0.2, 0) is 4.79 Å². The minimum absolute atomic E-state index is 0. The second kappa shape index (κ2) is 9.35. The van der Waals surface area contributed by atoms with Crippen LogP contribution >= 0.6 is 0 Å². The van der Waals surface area contributed by atoms with Crippen molar-refractivity contribution in [2.45, 2.75) is 26.2 Å². The van der Waals surface area contributed by atoms with Crippen LogP contribution in [0.25, 0.3) is 0 Å². The molecular weight excluding hydrogens is 356 g/mol. The molecule has 0 aromatic heterocycles. The van der Waals surface area contributed by atoms with Crippen molar-refractivity contribution < 1.29 is 41.1 Å². The maximum atomic E-state index is 10.3. The largest absolute Gasteiger partial charge is 0.309 e. The molecule has 0 heterocycles. The van der Waals surface area contributed by atoms with E-state index in [1.807, 2.05) is 6.92 Å². The fourth-order valence-corrected chi connectivity index (χ4v) is 0.483. The van der Waals surface area contributed by atoms with E-state index < -0.39 is 5.91 Å². The zero-order chi connectivity index (χ0) is 7.11. The Morgan fingerprint density at radius 2 is 2.30 bits per heavy atom. The third-order valence-electron chi connectivity index (χ3n) is 0.998. The van der Waals surface area contributed by atoms with Gasteiger partial charge in [0.2, 0.25) is 0 Å². The number of carbonyl (C=O) groups is 1. The Balaban J connectivity index is 0. The van der Waals surface area contributed by atoms with Crippen LogP contribution in [0.3, 0.4) is 0 Å². The first-order chi connectivity index (χ1) is 4.31. The maximum Gasteiger partial charge on any atom is 0.108 e. The number of nitrogens with one attached hydrogen (secondary N) is 1. The summed E-state index contributed by atoms with van der Waals surface area (Å²) in [7, 11) is 0. The summed E-state index contributed by atoms with van der Waals surface area (Å²) in [6, 6.07) is 0. The fourth-order valence-electron chi connectivity index (χ4n) is 0.483. The topological polar surface area (TPSA) is 49.3 Å². The molecule has 0 radical (unpaired) electrons. The van der Waals surface area contributed by atoms with Gasteiger partial charge in [-0.15, -0.1) is 0 Å². The Hall–Kier alpha value is 0.352. The quantitative estimate of drug-likeness (QED) is 0.335. The smallest absolute Gasteiger partial charge is 0.108 e. The SMILES string of the molecule is CCCC[CH-]C(=O)NO.[U]. The molecule has 1 amide bonds. The summed E-state index contributed by atoms with van der Waals surface area (Å²) >= 11 is 0. The third kappa shape index (κ3) is 8.35. The second-order valence-electron chi connectivity index (χ2n) is 1.82. The fraction of sp³-hybridized carbons (Fsp3) is 0.667. The van der Waals surface area contributed by atoms with Gasteiger partial charge in [0.1, 0.15) is 5.91 Å². The molecule has 0 aliphatic heterocycles. The van der Waals surface area contributed by atoms with Crippen LogP contribution in [0, 0.1) is 37.5 Å². The summed E-state index contributed by atoms with van der Waals surface area (Å²) < 4.78 is 0. The van der Waals surface area contributed by atoms with E-state index in [1.54, 1.807) is 0 Å². The summed E-state index contributed by atoms with van der Waals surface area (Å²) in [5, 5.41) is 8.00. The molecule has 0 saturated carbocycles. The molecule has 2 N–H and O–H groups in total. The molecule has 3 nitrogen and oxygen atoms in total. The van der Waals surface area contributed by atoms with Gasteiger partial charge in [-0.1, -0.05) is 19.8 Å². The van der Waals surface area contributed by atoms with Crippen molar-refractivity contribution in [3.05, 3.63) is 6.42 Å². The second-order valence-corrected chi connectivity index (χ2v) is 1.82. The monoisotopic (exact) mass is 368 g/mol. The minimum Gasteiger partial charge on any atom is -0.309 e. The molecule has 0 fully saturated rings. The Morgan fingerprint density at radius 3 is 2.70 bits per heavy atom. The van der Waals surface area contributed by atoms with Crippen LogP contribution in [0.15, 0.2) is 0 Å². The first kappa shape index (κ1) is 13.0. The third-order valence-corrected chi connectivity index (χ3v) is 0.998. The first-order valence-corrected chi connectivity index (χ1v) is 3.08. The summed E-state index contributed by atoms with van der Waals surface area (Å²) in [4.78, 5) is 10.3. The van der Waals surface area contributed by atoms with Crippen LogP contribution in [0.5, 0.6) is 0 Å². The normalized spacial score (nSPS) is 7.80. The molecule has 0 atom stereocenters. The average molecular weight is 368 g/mol.